The summed E-state index contributed by atoms with van der Waals surface area (Å²) < 4.78 is 5.50. The Bertz CT molecular complexity index is 325. The second-order valence-corrected chi connectivity index (χ2v) is 4.02. The summed E-state index contributed by atoms with van der Waals surface area (Å²) in [5.41, 5.74) is 1.17. The molecule has 2 amide bonds. The fourth-order valence-corrected chi connectivity index (χ4v) is 1.29. The standard InChI is InChI=1S/C13H20N2O2/c1-15(2)13(16)14-9-6-10-17-11-12-7-4-3-5-8-12/h3-5,7-8H,6,9-11H2,1-2H3,(H,14,16). The predicted molar refractivity (Wildman–Crippen MR) is 67.8 cm³/mol. The van der Waals surface area contributed by atoms with Crippen LogP contribution in [0.3, 0.4) is 0 Å². The quantitative estimate of drug-likeness (QED) is 0.766. The number of nitrogens with one attached hydrogen (secondary N) is 1. The van der Waals surface area contributed by atoms with Gasteiger partial charge in [0.05, 0.1) is 6.61 Å². The molecule has 94 valence electrons. The Morgan fingerprint density at radius 2 is 2.00 bits per heavy atom. The Morgan fingerprint density at radius 1 is 1.29 bits per heavy atom. The van der Waals surface area contributed by atoms with Crippen LogP contribution >= 0.6 is 0 Å². The van der Waals surface area contributed by atoms with Gasteiger partial charge in [-0.2, -0.15) is 0 Å². The molecule has 1 aromatic rings. The van der Waals surface area contributed by atoms with Gasteiger partial charge < -0.3 is 15.0 Å². The summed E-state index contributed by atoms with van der Waals surface area (Å²) in [5, 5.41) is 2.79. The smallest absolute Gasteiger partial charge is 0.316 e. The van der Waals surface area contributed by atoms with Crippen molar-refractivity contribution in [3.05, 3.63) is 35.9 Å². The number of hydrogen-bond donors (Lipinski definition) is 1. The van der Waals surface area contributed by atoms with Crippen LogP contribution in [0.4, 0.5) is 4.79 Å². The number of ether oxygens (including phenoxy) is 1. The molecule has 0 aliphatic carbocycles. The van der Waals surface area contributed by atoms with Crippen molar-refractivity contribution in [3.63, 3.8) is 0 Å². The first kappa shape index (κ1) is 13.5. The van der Waals surface area contributed by atoms with Crippen LogP contribution in [0, 0.1) is 0 Å². The van der Waals surface area contributed by atoms with Crippen molar-refractivity contribution < 1.29 is 9.53 Å². The van der Waals surface area contributed by atoms with Crippen molar-refractivity contribution in [2.75, 3.05) is 27.2 Å². The second kappa shape index (κ2) is 7.68. The molecule has 0 aliphatic heterocycles. The molecule has 1 aromatic carbocycles. The highest BCUT2D eigenvalue weighted by Gasteiger charge is 2.00. The van der Waals surface area contributed by atoms with Crippen LogP contribution in [0.1, 0.15) is 12.0 Å². The van der Waals surface area contributed by atoms with E-state index >= 15 is 0 Å². The van der Waals surface area contributed by atoms with E-state index in [-0.39, 0.29) is 6.03 Å². The number of carbonyl (C=O) groups is 1. The van der Waals surface area contributed by atoms with Crippen molar-refractivity contribution >= 4 is 6.03 Å². The lowest BCUT2D eigenvalue weighted by Gasteiger charge is -2.11. The van der Waals surface area contributed by atoms with Gasteiger partial charge in [0.2, 0.25) is 0 Å². The molecule has 0 atom stereocenters. The van der Waals surface area contributed by atoms with Gasteiger partial charge in [-0.15, -0.1) is 0 Å². The van der Waals surface area contributed by atoms with E-state index in [2.05, 4.69) is 5.32 Å². The molecule has 17 heavy (non-hydrogen) atoms. The van der Waals surface area contributed by atoms with E-state index in [1.165, 1.54) is 10.5 Å². The number of nitrogens with zero attached hydrogens (tertiary/aromatic N) is 1. The van der Waals surface area contributed by atoms with Crippen LogP contribution in [0.15, 0.2) is 30.3 Å². The van der Waals surface area contributed by atoms with E-state index in [0.717, 1.165) is 6.42 Å². The Hall–Kier alpha value is -1.55. The summed E-state index contributed by atoms with van der Waals surface area (Å²) in [5.74, 6) is 0. The maximum absolute atomic E-state index is 11.2. The predicted octanol–water partition coefficient (Wildman–Crippen LogP) is 1.86. The van der Waals surface area contributed by atoms with Gasteiger partial charge >= 0.3 is 6.03 Å². The second-order valence-electron chi connectivity index (χ2n) is 4.02. The largest absolute Gasteiger partial charge is 0.377 e. The zero-order chi connectivity index (χ0) is 12.5. The summed E-state index contributed by atoms with van der Waals surface area (Å²) in [6.07, 6.45) is 0.826. The SMILES string of the molecule is CN(C)C(=O)NCCCOCc1ccccc1. The molecule has 1 rings (SSSR count). The van der Waals surface area contributed by atoms with Crippen molar-refractivity contribution in [1.29, 1.82) is 0 Å². The van der Waals surface area contributed by atoms with Crippen LogP contribution in [0.25, 0.3) is 0 Å². The zero-order valence-corrected chi connectivity index (χ0v) is 10.5. The van der Waals surface area contributed by atoms with Gasteiger partial charge in [-0.1, -0.05) is 30.3 Å². The molecule has 0 fully saturated rings. The van der Waals surface area contributed by atoms with Crippen molar-refractivity contribution in [2.45, 2.75) is 13.0 Å². The molecule has 0 spiro atoms. The van der Waals surface area contributed by atoms with Crippen LogP contribution in [0.5, 0.6) is 0 Å². The van der Waals surface area contributed by atoms with E-state index in [1.54, 1.807) is 14.1 Å². The van der Waals surface area contributed by atoms with Crippen LogP contribution in [-0.2, 0) is 11.3 Å². The van der Waals surface area contributed by atoms with Gasteiger partial charge in [-0.05, 0) is 12.0 Å². The zero-order valence-electron chi connectivity index (χ0n) is 10.5. The molecule has 1 N–H and O–H groups in total. The van der Waals surface area contributed by atoms with Gasteiger partial charge in [0.15, 0.2) is 0 Å². The number of carbonyl (C=O) groups excluding carboxylic acids is 1. The van der Waals surface area contributed by atoms with E-state index in [0.29, 0.717) is 19.8 Å². The third-order valence-electron chi connectivity index (χ3n) is 2.26. The molecule has 4 nitrogen and oxygen atoms in total. The number of amides is 2. The highest BCUT2D eigenvalue weighted by molar-refractivity contribution is 5.73. The number of hydrogen-bond acceptors (Lipinski definition) is 2. The fraction of sp³-hybridized carbons (Fsp3) is 0.462. The Morgan fingerprint density at radius 3 is 2.65 bits per heavy atom. The molecule has 0 unspecified atom stereocenters. The number of benzene rings is 1. The molecule has 0 radical (unpaired) electrons. The topological polar surface area (TPSA) is 41.6 Å². The lowest BCUT2D eigenvalue weighted by atomic mass is 10.2. The maximum atomic E-state index is 11.2. The fourth-order valence-electron chi connectivity index (χ4n) is 1.29. The average Bonchev–Trinajstić information content (AvgIpc) is 2.34. The lowest BCUT2D eigenvalue weighted by Crippen LogP contribution is -2.35. The van der Waals surface area contributed by atoms with E-state index in [9.17, 15) is 4.79 Å². The Balaban J connectivity index is 2.00. The highest BCUT2D eigenvalue weighted by Crippen LogP contribution is 2.00. The van der Waals surface area contributed by atoms with Crippen LogP contribution in [0.2, 0.25) is 0 Å². The molecule has 0 saturated heterocycles. The highest BCUT2D eigenvalue weighted by atomic mass is 16.5. The van der Waals surface area contributed by atoms with Gasteiger partial charge in [0, 0.05) is 27.2 Å². The van der Waals surface area contributed by atoms with Crippen molar-refractivity contribution in [2.24, 2.45) is 0 Å². The van der Waals surface area contributed by atoms with E-state index in [1.807, 2.05) is 30.3 Å². The molecular weight excluding hydrogens is 216 g/mol. The maximum Gasteiger partial charge on any atom is 0.316 e. The summed E-state index contributed by atoms with van der Waals surface area (Å²) in [4.78, 5) is 12.7. The first-order valence-corrected chi connectivity index (χ1v) is 5.77. The van der Waals surface area contributed by atoms with Gasteiger partial charge in [0.25, 0.3) is 0 Å². The molecule has 4 heteroatoms. The summed E-state index contributed by atoms with van der Waals surface area (Å²) in [7, 11) is 3.45. The number of urea groups is 1. The minimum atomic E-state index is -0.0620. The van der Waals surface area contributed by atoms with Crippen LogP contribution < -0.4 is 5.32 Å². The Labute approximate surface area is 103 Å². The van der Waals surface area contributed by atoms with Gasteiger partial charge in [-0.25, -0.2) is 4.79 Å². The molecule has 0 aromatic heterocycles. The van der Waals surface area contributed by atoms with Gasteiger partial charge in [0.1, 0.15) is 0 Å². The van der Waals surface area contributed by atoms with Crippen molar-refractivity contribution in [3.8, 4) is 0 Å². The third-order valence-corrected chi connectivity index (χ3v) is 2.26. The summed E-state index contributed by atoms with van der Waals surface area (Å²) >= 11 is 0. The molecule has 0 bridgehead atoms. The third kappa shape index (κ3) is 5.92. The average molecular weight is 236 g/mol. The first-order chi connectivity index (χ1) is 8.20. The summed E-state index contributed by atoms with van der Waals surface area (Å²) in [6, 6.07) is 9.99. The summed E-state index contributed by atoms with van der Waals surface area (Å²) in [6.45, 7) is 1.93. The minimum Gasteiger partial charge on any atom is -0.377 e. The molecular formula is C13H20N2O2. The van der Waals surface area contributed by atoms with Gasteiger partial charge in [-0.3, -0.25) is 0 Å². The molecule has 0 saturated carbocycles. The van der Waals surface area contributed by atoms with Crippen molar-refractivity contribution in [1.82, 2.24) is 10.2 Å². The lowest BCUT2D eigenvalue weighted by molar-refractivity contribution is 0.118. The minimum absolute atomic E-state index is 0.0620. The van der Waals surface area contributed by atoms with Crippen LogP contribution in [-0.4, -0.2) is 38.2 Å². The number of rotatable bonds is 6. The molecule has 0 aliphatic rings. The molecule has 0 heterocycles. The first-order valence-electron chi connectivity index (χ1n) is 5.77. The van der Waals surface area contributed by atoms with E-state index < -0.39 is 0 Å². The normalized spacial score (nSPS) is 10.0. The monoisotopic (exact) mass is 236 g/mol. The van der Waals surface area contributed by atoms with E-state index in [4.69, 9.17) is 4.74 Å². The Kier molecular flexibility index (Phi) is 6.10.